The van der Waals surface area contributed by atoms with Crippen molar-refractivity contribution in [2.24, 2.45) is 5.73 Å². The zero-order valence-electron chi connectivity index (χ0n) is 16.5. The quantitative estimate of drug-likeness (QED) is 0.646. The van der Waals surface area contributed by atoms with Crippen LogP contribution in [0.5, 0.6) is 0 Å². The number of nitrogens with two attached hydrogens (primary N) is 1. The van der Waals surface area contributed by atoms with Crippen molar-refractivity contribution >= 4 is 33.2 Å². The number of thiophene rings is 1. The van der Waals surface area contributed by atoms with Gasteiger partial charge in [-0.15, -0.1) is 11.3 Å². The number of Topliss-reactive ketones (excluding diaryl/α,β-unsaturated/α-hetero) is 1. The fraction of sp³-hybridized carbons (Fsp3) is 0.333. The zero-order valence-corrected chi connectivity index (χ0v) is 17.3. The van der Waals surface area contributed by atoms with Gasteiger partial charge >= 0.3 is 0 Å². The van der Waals surface area contributed by atoms with Crippen LogP contribution in [0.3, 0.4) is 0 Å². The Balaban J connectivity index is 2.14. The minimum Gasteiger partial charge on any atom is -0.365 e. The number of benzene rings is 1. The molecule has 0 spiro atoms. The second-order valence-corrected chi connectivity index (χ2v) is 7.99. The summed E-state index contributed by atoms with van der Waals surface area (Å²) in [5, 5.41) is 0.367. The summed E-state index contributed by atoms with van der Waals surface area (Å²) >= 11 is 1.13. The molecule has 0 aliphatic carbocycles. The predicted octanol–water partition coefficient (Wildman–Crippen LogP) is 3.32. The average Bonchev–Trinajstić information content (AvgIpc) is 2.97. The Hall–Kier alpha value is -2.80. The molecule has 0 saturated heterocycles. The van der Waals surface area contributed by atoms with Gasteiger partial charge in [-0.3, -0.25) is 19.0 Å². The van der Waals surface area contributed by atoms with Gasteiger partial charge in [-0.25, -0.2) is 4.98 Å². The summed E-state index contributed by atoms with van der Waals surface area (Å²) in [5.41, 5.74) is 8.36. The minimum atomic E-state index is -0.574. The highest BCUT2D eigenvalue weighted by atomic mass is 32.1. The molecule has 0 fully saturated rings. The molecule has 0 saturated carbocycles. The van der Waals surface area contributed by atoms with Crippen LogP contribution < -0.4 is 11.3 Å². The van der Waals surface area contributed by atoms with Crippen molar-refractivity contribution in [2.75, 3.05) is 0 Å². The molecule has 0 aliphatic rings. The molecular formula is C21H23N3O3S. The van der Waals surface area contributed by atoms with Gasteiger partial charge in [0.2, 0.25) is 0 Å². The second-order valence-electron chi connectivity index (χ2n) is 6.99. The summed E-state index contributed by atoms with van der Waals surface area (Å²) < 4.78 is 1.44. The summed E-state index contributed by atoms with van der Waals surface area (Å²) in [6.07, 6.45) is 1.34. The van der Waals surface area contributed by atoms with Gasteiger partial charge in [0, 0.05) is 12.0 Å². The van der Waals surface area contributed by atoms with E-state index >= 15 is 0 Å². The standard InChI is InChI=1S/C21H23N3O3S/c1-5-6-16-23-20-17(13(4)18(28-20)19(22)26)21(27)24(16)10-15(25)14-8-7-11(2)12(3)9-14/h7-9H,5-6,10H2,1-4H3,(H2,22,26). The number of nitrogens with zero attached hydrogens (tertiary/aromatic N) is 2. The Labute approximate surface area is 167 Å². The number of hydrogen-bond donors (Lipinski definition) is 1. The summed E-state index contributed by atoms with van der Waals surface area (Å²) in [6, 6.07) is 5.53. The number of carbonyl (C=O) groups is 2. The Morgan fingerprint density at radius 2 is 1.89 bits per heavy atom. The van der Waals surface area contributed by atoms with Crippen molar-refractivity contribution in [3.05, 3.63) is 61.5 Å². The van der Waals surface area contributed by atoms with E-state index in [4.69, 9.17) is 5.73 Å². The molecule has 1 amide bonds. The summed E-state index contributed by atoms with van der Waals surface area (Å²) in [6.45, 7) is 7.54. The Bertz CT molecular complexity index is 1160. The molecule has 7 heteroatoms. The number of aryl methyl sites for hydroxylation is 4. The fourth-order valence-electron chi connectivity index (χ4n) is 3.22. The first-order valence-electron chi connectivity index (χ1n) is 9.17. The monoisotopic (exact) mass is 397 g/mol. The van der Waals surface area contributed by atoms with Gasteiger partial charge in [0.05, 0.1) is 16.8 Å². The maximum Gasteiger partial charge on any atom is 0.262 e. The Morgan fingerprint density at radius 1 is 1.18 bits per heavy atom. The van der Waals surface area contributed by atoms with Crippen LogP contribution in [-0.2, 0) is 13.0 Å². The number of carbonyl (C=O) groups excluding carboxylic acids is 2. The average molecular weight is 398 g/mol. The molecule has 2 heterocycles. The molecule has 2 N–H and O–H groups in total. The van der Waals surface area contributed by atoms with E-state index in [0.29, 0.717) is 38.5 Å². The van der Waals surface area contributed by atoms with Crippen molar-refractivity contribution in [3.63, 3.8) is 0 Å². The maximum atomic E-state index is 13.2. The molecule has 28 heavy (non-hydrogen) atoms. The maximum absolute atomic E-state index is 13.2. The lowest BCUT2D eigenvalue weighted by atomic mass is 10.0. The number of fused-ring (bicyclic) bond motifs is 1. The topological polar surface area (TPSA) is 95.0 Å². The minimum absolute atomic E-state index is 0.0825. The molecule has 3 rings (SSSR count). The molecule has 146 valence electrons. The first-order chi connectivity index (χ1) is 13.2. The van der Waals surface area contributed by atoms with Crippen molar-refractivity contribution in [2.45, 2.75) is 47.1 Å². The summed E-state index contributed by atoms with van der Waals surface area (Å²) in [5.74, 6) is -0.170. The number of rotatable bonds is 6. The third-order valence-electron chi connectivity index (χ3n) is 4.96. The molecule has 0 aliphatic heterocycles. The van der Waals surface area contributed by atoms with Crippen molar-refractivity contribution < 1.29 is 9.59 Å². The Kier molecular flexibility index (Phi) is 5.47. The molecule has 2 aromatic heterocycles. The van der Waals surface area contributed by atoms with E-state index in [1.165, 1.54) is 4.57 Å². The third kappa shape index (κ3) is 3.49. The normalized spacial score (nSPS) is 11.1. The highest BCUT2D eigenvalue weighted by molar-refractivity contribution is 7.20. The van der Waals surface area contributed by atoms with Crippen LogP contribution >= 0.6 is 11.3 Å². The van der Waals surface area contributed by atoms with Gasteiger partial charge in [0.15, 0.2) is 5.78 Å². The van der Waals surface area contributed by atoms with Crippen LogP contribution in [0, 0.1) is 20.8 Å². The first kappa shape index (κ1) is 19.9. The number of amides is 1. The largest absolute Gasteiger partial charge is 0.365 e. The molecule has 6 nitrogen and oxygen atoms in total. The number of aromatic nitrogens is 2. The summed E-state index contributed by atoms with van der Waals surface area (Å²) in [7, 11) is 0. The van der Waals surface area contributed by atoms with Crippen LogP contribution in [0.1, 0.15) is 55.9 Å². The van der Waals surface area contributed by atoms with E-state index in [0.717, 1.165) is 28.9 Å². The van der Waals surface area contributed by atoms with Crippen molar-refractivity contribution in [3.8, 4) is 0 Å². The predicted molar refractivity (Wildman–Crippen MR) is 111 cm³/mol. The highest BCUT2D eigenvalue weighted by Gasteiger charge is 2.21. The number of ketones is 1. The smallest absolute Gasteiger partial charge is 0.262 e. The van der Waals surface area contributed by atoms with Gasteiger partial charge in [0.25, 0.3) is 11.5 Å². The SMILES string of the molecule is CCCc1nc2sc(C(N)=O)c(C)c2c(=O)n1CC(=O)c1ccc(C)c(C)c1. The first-order valence-corrected chi connectivity index (χ1v) is 9.99. The molecular weight excluding hydrogens is 374 g/mol. The third-order valence-corrected chi connectivity index (χ3v) is 6.16. The van der Waals surface area contributed by atoms with E-state index in [1.807, 2.05) is 32.9 Å². The number of hydrogen-bond acceptors (Lipinski definition) is 5. The van der Waals surface area contributed by atoms with E-state index in [1.54, 1.807) is 13.0 Å². The summed E-state index contributed by atoms with van der Waals surface area (Å²) in [4.78, 5) is 43.1. The van der Waals surface area contributed by atoms with Gasteiger partial charge < -0.3 is 5.73 Å². The second kappa shape index (κ2) is 7.67. The number of primary amides is 1. The van der Waals surface area contributed by atoms with Crippen LogP contribution in [-0.4, -0.2) is 21.2 Å². The van der Waals surface area contributed by atoms with Gasteiger partial charge in [-0.1, -0.05) is 19.1 Å². The molecule has 0 atom stereocenters. The van der Waals surface area contributed by atoms with Crippen molar-refractivity contribution in [1.29, 1.82) is 0 Å². The van der Waals surface area contributed by atoms with Crippen molar-refractivity contribution in [1.82, 2.24) is 9.55 Å². The molecule has 1 aromatic carbocycles. The lowest BCUT2D eigenvalue weighted by Crippen LogP contribution is -2.29. The van der Waals surface area contributed by atoms with E-state index in [9.17, 15) is 14.4 Å². The van der Waals surface area contributed by atoms with Gasteiger partial charge in [-0.05, 0) is 49.9 Å². The fourth-order valence-corrected chi connectivity index (χ4v) is 4.26. The highest BCUT2D eigenvalue weighted by Crippen LogP contribution is 2.27. The van der Waals surface area contributed by atoms with Gasteiger partial charge in [-0.2, -0.15) is 0 Å². The van der Waals surface area contributed by atoms with Crippen LogP contribution in [0.4, 0.5) is 0 Å². The van der Waals surface area contributed by atoms with E-state index < -0.39 is 5.91 Å². The van der Waals surface area contributed by atoms with Crippen LogP contribution in [0.15, 0.2) is 23.0 Å². The molecule has 0 unspecified atom stereocenters. The lowest BCUT2D eigenvalue weighted by Gasteiger charge is -2.12. The van der Waals surface area contributed by atoms with Crippen LogP contribution in [0.2, 0.25) is 0 Å². The lowest BCUT2D eigenvalue weighted by molar-refractivity contribution is 0.0967. The zero-order chi connectivity index (χ0) is 20.6. The van der Waals surface area contributed by atoms with E-state index in [2.05, 4.69) is 4.98 Å². The Morgan fingerprint density at radius 3 is 2.50 bits per heavy atom. The van der Waals surface area contributed by atoms with Gasteiger partial charge in [0.1, 0.15) is 10.7 Å². The molecule has 3 aromatic rings. The molecule has 0 radical (unpaired) electrons. The van der Waals surface area contributed by atoms with E-state index in [-0.39, 0.29) is 17.9 Å². The molecule has 0 bridgehead atoms. The van der Waals surface area contributed by atoms with Crippen LogP contribution in [0.25, 0.3) is 10.2 Å².